The predicted molar refractivity (Wildman–Crippen MR) is 99.5 cm³/mol. The molecule has 0 saturated carbocycles. The van der Waals surface area contributed by atoms with Gasteiger partial charge in [-0.25, -0.2) is 0 Å². The van der Waals surface area contributed by atoms with Crippen LogP contribution in [0.3, 0.4) is 0 Å². The third kappa shape index (κ3) is 2.47. The molecule has 0 unspecified atom stereocenters. The lowest BCUT2D eigenvalue weighted by Gasteiger charge is -2.21. The molecule has 0 amide bonds. The Morgan fingerprint density at radius 1 is 0.857 bits per heavy atom. The van der Waals surface area contributed by atoms with Gasteiger partial charge in [-0.2, -0.15) is 0 Å². The number of benzene rings is 3. The van der Waals surface area contributed by atoms with Crippen LogP contribution in [0.1, 0.15) is 31.8 Å². The first-order chi connectivity index (χ1) is 13.4. The minimum atomic E-state index is -1.03. The highest BCUT2D eigenvalue weighted by molar-refractivity contribution is 6.31. The molecule has 0 bridgehead atoms. The summed E-state index contributed by atoms with van der Waals surface area (Å²) in [6.45, 7) is 0. The molecule has 0 atom stereocenters. The van der Waals surface area contributed by atoms with Crippen molar-refractivity contribution >= 4 is 28.6 Å². The Bertz CT molecular complexity index is 1170. The number of anilines is 2. The van der Waals surface area contributed by atoms with Gasteiger partial charge in [0.05, 0.1) is 21.7 Å². The number of nitrogens with zero attached hydrogens (tertiary/aromatic N) is 1. The van der Waals surface area contributed by atoms with Crippen LogP contribution >= 0.6 is 0 Å². The number of carbonyl (C=O) groups is 2. The molecule has 0 fully saturated rings. The molecular formula is C20H12N2O6. The Morgan fingerprint density at radius 3 is 2.25 bits per heavy atom. The van der Waals surface area contributed by atoms with Crippen LogP contribution in [-0.2, 0) is 0 Å². The first-order valence-corrected chi connectivity index (χ1v) is 8.18. The van der Waals surface area contributed by atoms with Gasteiger partial charge in [-0.05, 0) is 24.3 Å². The standard InChI is InChI=1S/C20H12N2O6/c23-14-9-12-16(20(26)17(14)22(27)28)19(25)15-11(18(12)24)7-4-8-13(15)21-10-5-2-1-3-6-10/h1-9,21,23,26H. The number of rotatable bonds is 3. The van der Waals surface area contributed by atoms with E-state index in [1.807, 2.05) is 6.07 Å². The van der Waals surface area contributed by atoms with Gasteiger partial charge in [-0.1, -0.05) is 30.3 Å². The van der Waals surface area contributed by atoms with Crippen molar-refractivity contribution in [3.8, 4) is 11.5 Å². The minimum Gasteiger partial charge on any atom is -0.502 e. The number of nitrogens with one attached hydrogen (secondary N) is 1. The van der Waals surface area contributed by atoms with Gasteiger partial charge in [-0.15, -0.1) is 0 Å². The number of nitro groups is 1. The van der Waals surface area contributed by atoms with E-state index in [0.29, 0.717) is 11.4 Å². The molecule has 138 valence electrons. The van der Waals surface area contributed by atoms with E-state index in [2.05, 4.69) is 5.32 Å². The monoisotopic (exact) mass is 376 g/mol. The van der Waals surface area contributed by atoms with E-state index in [1.54, 1.807) is 36.4 Å². The largest absolute Gasteiger partial charge is 0.502 e. The Hall–Kier alpha value is -4.20. The molecule has 3 aromatic rings. The van der Waals surface area contributed by atoms with Gasteiger partial charge < -0.3 is 15.5 Å². The molecule has 0 saturated heterocycles. The molecule has 3 N–H and O–H groups in total. The van der Waals surface area contributed by atoms with E-state index in [1.165, 1.54) is 6.07 Å². The summed E-state index contributed by atoms with van der Waals surface area (Å²) in [6.07, 6.45) is 0. The number of nitro benzene ring substituents is 1. The molecule has 28 heavy (non-hydrogen) atoms. The Labute approximate surface area is 157 Å². The van der Waals surface area contributed by atoms with E-state index < -0.39 is 39.2 Å². The van der Waals surface area contributed by atoms with Crippen LogP contribution < -0.4 is 5.32 Å². The lowest BCUT2D eigenvalue weighted by Crippen LogP contribution is -2.22. The fraction of sp³-hybridized carbons (Fsp3) is 0. The summed E-state index contributed by atoms with van der Waals surface area (Å²) in [7, 11) is 0. The summed E-state index contributed by atoms with van der Waals surface area (Å²) in [5, 5.41) is 34.3. The summed E-state index contributed by atoms with van der Waals surface area (Å²) >= 11 is 0. The fourth-order valence-electron chi connectivity index (χ4n) is 3.27. The zero-order chi connectivity index (χ0) is 20.0. The second-order valence-electron chi connectivity index (χ2n) is 6.15. The van der Waals surface area contributed by atoms with E-state index in [4.69, 9.17) is 0 Å². The van der Waals surface area contributed by atoms with E-state index in [9.17, 15) is 29.9 Å². The van der Waals surface area contributed by atoms with Gasteiger partial charge in [0.2, 0.25) is 11.5 Å². The second kappa shape index (κ2) is 6.20. The number of phenols is 2. The third-order valence-corrected chi connectivity index (χ3v) is 4.50. The number of fused-ring (bicyclic) bond motifs is 2. The molecule has 0 aliphatic heterocycles. The van der Waals surface area contributed by atoms with Crippen molar-refractivity contribution in [2.24, 2.45) is 0 Å². The Kier molecular flexibility index (Phi) is 3.82. The zero-order valence-corrected chi connectivity index (χ0v) is 14.2. The molecule has 8 heteroatoms. The Balaban J connectivity index is 1.93. The van der Waals surface area contributed by atoms with Crippen LogP contribution in [0.15, 0.2) is 54.6 Å². The maximum absolute atomic E-state index is 13.1. The zero-order valence-electron chi connectivity index (χ0n) is 14.2. The molecule has 0 radical (unpaired) electrons. The van der Waals surface area contributed by atoms with Gasteiger partial charge >= 0.3 is 5.69 Å². The minimum absolute atomic E-state index is 0.000796. The number of para-hydroxylation sites is 1. The topological polar surface area (TPSA) is 130 Å². The van der Waals surface area contributed by atoms with Crippen molar-refractivity contribution in [3.05, 3.63) is 87.0 Å². The van der Waals surface area contributed by atoms with Gasteiger partial charge in [-0.3, -0.25) is 19.7 Å². The second-order valence-corrected chi connectivity index (χ2v) is 6.15. The summed E-state index contributed by atoms with van der Waals surface area (Å²) in [5.41, 5.74) is -0.730. The normalized spacial score (nSPS) is 12.3. The highest BCUT2D eigenvalue weighted by Crippen LogP contribution is 2.45. The molecule has 3 aromatic carbocycles. The summed E-state index contributed by atoms with van der Waals surface area (Å²) in [5.74, 6) is -3.28. The summed E-state index contributed by atoms with van der Waals surface area (Å²) < 4.78 is 0. The summed E-state index contributed by atoms with van der Waals surface area (Å²) in [6, 6.07) is 14.4. The molecule has 1 aliphatic carbocycles. The molecule has 0 spiro atoms. The highest BCUT2D eigenvalue weighted by atomic mass is 16.6. The number of phenolic OH excluding ortho intramolecular Hbond substituents is 2. The molecule has 1 aliphatic rings. The van der Waals surface area contributed by atoms with Gasteiger partial charge in [0.15, 0.2) is 11.5 Å². The highest BCUT2D eigenvalue weighted by Gasteiger charge is 2.38. The van der Waals surface area contributed by atoms with Gasteiger partial charge in [0.1, 0.15) is 0 Å². The van der Waals surface area contributed by atoms with Crippen LogP contribution in [0, 0.1) is 10.1 Å². The van der Waals surface area contributed by atoms with Crippen molar-refractivity contribution < 1.29 is 24.7 Å². The van der Waals surface area contributed by atoms with Crippen LogP contribution in [-0.4, -0.2) is 26.7 Å². The van der Waals surface area contributed by atoms with Crippen LogP contribution in [0.25, 0.3) is 0 Å². The average molecular weight is 376 g/mol. The van der Waals surface area contributed by atoms with E-state index in [-0.39, 0.29) is 16.7 Å². The van der Waals surface area contributed by atoms with Crippen molar-refractivity contribution in [3.63, 3.8) is 0 Å². The first-order valence-electron chi connectivity index (χ1n) is 8.18. The van der Waals surface area contributed by atoms with Crippen molar-refractivity contribution in [1.82, 2.24) is 0 Å². The quantitative estimate of drug-likeness (QED) is 0.368. The molecule has 0 heterocycles. The van der Waals surface area contributed by atoms with Crippen molar-refractivity contribution in [1.29, 1.82) is 0 Å². The van der Waals surface area contributed by atoms with Crippen LogP contribution in [0.5, 0.6) is 11.5 Å². The number of aromatic hydroxyl groups is 2. The number of hydrogen-bond donors (Lipinski definition) is 3. The average Bonchev–Trinajstić information content (AvgIpc) is 2.66. The molecule has 4 rings (SSSR count). The number of ketones is 2. The van der Waals surface area contributed by atoms with Crippen LogP contribution in [0.4, 0.5) is 17.1 Å². The number of carbonyl (C=O) groups excluding carboxylic acids is 2. The van der Waals surface area contributed by atoms with E-state index >= 15 is 0 Å². The SMILES string of the molecule is O=C1c2cccc(Nc3ccccc3)c2C(=O)c2c1cc(O)c([N+](=O)[O-])c2O. The number of hydrogen-bond acceptors (Lipinski definition) is 7. The Morgan fingerprint density at radius 2 is 1.57 bits per heavy atom. The third-order valence-electron chi connectivity index (χ3n) is 4.50. The van der Waals surface area contributed by atoms with Gasteiger partial charge in [0, 0.05) is 16.8 Å². The summed E-state index contributed by atoms with van der Waals surface area (Å²) in [4.78, 5) is 36.1. The smallest absolute Gasteiger partial charge is 0.352 e. The van der Waals surface area contributed by atoms with Crippen molar-refractivity contribution in [2.45, 2.75) is 0 Å². The molecule has 0 aromatic heterocycles. The molecule has 8 nitrogen and oxygen atoms in total. The fourth-order valence-corrected chi connectivity index (χ4v) is 3.27. The van der Waals surface area contributed by atoms with Crippen molar-refractivity contribution in [2.75, 3.05) is 5.32 Å². The van der Waals surface area contributed by atoms with Crippen LogP contribution in [0.2, 0.25) is 0 Å². The van der Waals surface area contributed by atoms with E-state index in [0.717, 1.165) is 6.07 Å². The maximum atomic E-state index is 13.1. The lowest BCUT2D eigenvalue weighted by atomic mass is 9.82. The first kappa shape index (κ1) is 17.2. The maximum Gasteiger partial charge on any atom is 0.352 e. The predicted octanol–water partition coefficient (Wildman–Crippen LogP) is 3.53. The molecular weight excluding hydrogens is 364 g/mol. The lowest BCUT2D eigenvalue weighted by molar-refractivity contribution is -0.386. The van der Waals surface area contributed by atoms with Gasteiger partial charge in [0.25, 0.3) is 0 Å².